The molecule has 2 atom stereocenters. The van der Waals surface area contributed by atoms with Crippen LogP contribution in [0.4, 0.5) is 9.59 Å². The minimum atomic E-state index is -2.37. The number of piperidine rings is 1. The standard InChI is InChI=1S/C27H30Cl3N3O8/c1-26(2,3)40-24(36)32-15-19(11-14-21(32)23(35)39-20-12-9-18(10-13-20)22(31)34)33(25(37)41-27(28,29)30)38-16-17-7-5-4-6-8-17/h4-10,12-13,19,21H,11,14-16H2,1-3H3,(H2,31,34)/t19-,21+/m1/s1. The molecule has 0 aromatic heterocycles. The van der Waals surface area contributed by atoms with E-state index in [1.807, 2.05) is 6.07 Å². The predicted octanol–water partition coefficient (Wildman–Crippen LogP) is 5.36. The maximum atomic E-state index is 13.3. The van der Waals surface area contributed by atoms with Crippen molar-refractivity contribution in [2.45, 2.75) is 61.9 Å². The van der Waals surface area contributed by atoms with Gasteiger partial charge in [0.1, 0.15) is 24.0 Å². The van der Waals surface area contributed by atoms with Crippen LogP contribution < -0.4 is 10.5 Å². The van der Waals surface area contributed by atoms with Crippen molar-refractivity contribution in [3.05, 3.63) is 65.7 Å². The van der Waals surface area contributed by atoms with Gasteiger partial charge in [0.05, 0.1) is 6.04 Å². The largest absolute Gasteiger partial charge is 0.444 e. The summed E-state index contributed by atoms with van der Waals surface area (Å²) in [5, 5.41) is 0.885. The molecule has 11 nitrogen and oxygen atoms in total. The van der Waals surface area contributed by atoms with E-state index in [1.54, 1.807) is 45.0 Å². The Kier molecular flexibility index (Phi) is 10.7. The summed E-state index contributed by atoms with van der Waals surface area (Å²) in [6, 6.07) is 12.7. The number of carbonyl (C=O) groups is 4. The maximum Gasteiger partial charge on any atom is 0.437 e. The van der Waals surface area contributed by atoms with E-state index < -0.39 is 45.7 Å². The van der Waals surface area contributed by atoms with Crippen LogP contribution in [0.3, 0.4) is 0 Å². The Balaban J connectivity index is 1.84. The van der Waals surface area contributed by atoms with Gasteiger partial charge in [0.25, 0.3) is 0 Å². The number of hydrogen-bond acceptors (Lipinski definition) is 8. The Labute approximate surface area is 252 Å². The molecule has 0 aliphatic carbocycles. The number of hydrogen-bond donors (Lipinski definition) is 1. The lowest BCUT2D eigenvalue weighted by atomic mass is 9.98. The summed E-state index contributed by atoms with van der Waals surface area (Å²) in [5.41, 5.74) is 5.34. The van der Waals surface area contributed by atoms with Crippen molar-refractivity contribution in [2.75, 3.05) is 6.54 Å². The number of likely N-dealkylation sites (tertiary alicyclic amines) is 1. The van der Waals surface area contributed by atoms with Gasteiger partial charge in [0.2, 0.25) is 5.91 Å². The Hall–Kier alpha value is -3.25. The second-order valence-corrected chi connectivity index (χ2v) is 12.3. The normalized spacial score (nSPS) is 17.4. The second kappa shape index (κ2) is 13.6. The first-order valence-electron chi connectivity index (χ1n) is 12.5. The first-order chi connectivity index (χ1) is 19.1. The van der Waals surface area contributed by atoms with E-state index in [1.165, 1.54) is 24.3 Å². The van der Waals surface area contributed by atoms with Gasteiger partial charge < -0.3 is 19.9 Å². The summed E-state index contributed by atoms with van der Waals surface area (Å²) in [7, 11) is 0. The molecule has 2 aromatic rings. The number of halogens is 3. The number of nitrogens with two attached hydrogens (primary N) is 1. The van der Waals surface area contributed by atoms with E-state index in [9.17, 15) is 19.2 Å². The van der Waals surface area contributed by atoms with Crippen LogP contribution in [0.2, 0.25) is 0 Å². The topological polar surface area (TPSA) is 138 Å². The molecule has 1 fully saturated rings. The fourth-order valence-corrected chi connectivity index (χ4v) is 4.15. The molecule has 1 aliphatic rings. The van der Waals surface area contributed by atoms with E-state index in [4.69, 9.17) is 59.6 Å². The summed E-state index contributed by atoms with van der Waals surface area (Å²) in [5.74, 6) is -1.24. The molecule has 1 aliphatic heterocycles. The molecule has 14 heteroatoms. The van der Waals surface area contributed by atoms with Crippen LogP contribution in [0, 0.1) is 0 Å². The van der Waals surface area contributed by atoms with Gasteiger partial charge >= 0.3 is 22.1 Å². The molecule has 0 spiro atoms. The summed E-state index contributed by atoms with van der Waals surface area (Å²) in [4.78, 5) is 57.7. The lowest BCUT2D eigenvalue weighted by Gasteiger charge is -2.41. The number of nitrogens with zero attached hydrogens (tertiary/aromatic N) is 2. The Morgan fingerprint density at radius 2 is 1.59 bits per heavy atom. The number of benzene rings is 2. The van der Waals surface area contributed by atoms with E-state index in [0.717, 1.165) is 15.5 Å². The Morgan fingerprint density at radius 3 is 2.15 bits per heavy atom. The van der Waals surface area contributed by atoms with Crippen LogP contribution in [0.5, 0.6) is 5.75 Å². The number of hydroxylamine groups is 2. The van der Waals surface area contributed by atoms with Crippen molar-refractivity contribution < 1.29 is 38.2 Å². The Bertz CT molecular complexity index is 1230. The van der Waals surface area contributed by atoms with Crippen molar-refractivity contribution >= 4 is 58.9 Å². The zero-order valence-corrected chi connectivity index (χ0v) is 24.8. The van der Waals surface area contributed by atoms with Gasteiger partial charge in [-0.2, -0.15) is 5.06 Å². The smallest absolute Gasteiger partial charge is 0.437 e. The van der Waals surface area contributed by atoms with Crippen LogP contribution in [-0.2, 0) is 25.7 Å². The first kappa shape index (κ1) is 32.3. The summed E-state index contributed by atoms with van der Waals surface area (Å²) < 4.78 is 13.5. The highest BCUT2D eigenvalue weighted by Crippen LogP contribution is 2.31. The predicted molar refractivity (Wildman–Crippen MR) is 150 cm³/mol. The zero-order valence-electron chi connectivity index (χ0n) is 22.6. The van der Waals surface area contributed by atoms with Gasteiger partial charge in [0.15, 0.2) is 0 Å². The number of primary amides is 1. The van der Waals surface area contributed by atoms with E-state index in [0.29, 0.717) is 0 Å². The number of rotatable bonds is 7. The molecule has 2 aromatic carbocycles. The average Bonchev–Trinajstić information content (AvgIpc) is 2.87. The molecular formula is C27H30Cl3N3O8. The van der Waals surface area contributed by atoms with E-state index >= 15 is 0 Å². The van der Waals surface area contributed by atoms with Gasteiger partial charge in [-0.15, -0.1) is 0 Å². The molecule has 0 saturated carbocycles. The van der Waals surface area contributed by atoms with Crippen LogP contribution in [0.15, 0.2) is 54.6 Å². The first-order valence-corrected chi connectivity index (χ1v) is 13.6. The molecule has 0 bridgehead atoms. The van der Waals surface area contributed by atoms with Crippen molar-refractivity contribution in [2.24, 2.45) is 5.73 Å². The summed E-state index contributed by atoms with van der Waals surface area (Å²) in [6.07, 6.45) is -1.67. The third kappa shape index (κ3) is 9.96. The number of carbonyl (C=O) groups excluding carboxylic acids is 4. The average molecular weight is 631 g/mol. The van der Waals surface area contributed by atoms with Crippen molar-refractivity contribution in [3.63, 3.8) is 0 Å². The molecule has 41 heavy (non-hydrogen) atoms. The van der Waals surface area contributed by atoms with Gasteiger partial charge in [-0.1, -0.05) is 30.3 Å². The van der Waals surface area contributed by atoms with Crippen LogP contribution in [0.1, 0.15) is 49.5 Å². The third-order valence-electron chi connectivity index (χ3n) is 5.74. The quantitative estimate of drug-likeness (QED) is 0.187. The number of ether oxygens (including phenoxy) is 3. The minimum Gasteiger partial charge on any atom is -0.444 e. The van der Waals surface area contributed by atoms with Gasteiger partial charge in [-0.05, 0) is 98.2 Å². The van der Waals surface area contributed by atoms with E-state index in [-0.39, 0.29) is 37.3 Å². The fourth-order valence-electron chi connectivity index (χ4n) is 3.95. The van der Waals surface area contributed by atoms with Crippen molar-refractivity contribution in [3.8, 4) is 5.75 Å². The van der Waals surface area contributed by atoms with E-state index in [2.05, 4.69) is 0 Å². The van der Waals surface area contributed by atoms with Gasteiger partial charge in [-0.25, -0.2) is 14.4 Å². The third-order valence-corrected chi connectivity index (χ3v) is 5.97. The van der Waals surface area contributed by atoms with Crippen molar-refractivity contribution in [1.29, 1.82) is 0 Å². The molecule has 222 valence electrons. The molecule has 2 N–H and O–H groups in total. The highest BCUT2D eigenvalue weighted by Gasteiger charge is 2.44. The number of alkyl halides is 3. The summed E-state index contributed by atoms with van der Waals surface area (Å²) >= 11 is 17.0. The highest BCUT2D eigenvalue weighted by molar-refractivity contribution is 6.66. The molecule has 1 heterocycles. The van der Waals surface area contributed by atoms with Crippen molar-refractivity contribution in [1.82, 2.24) is 9.96 Å². The zero-order chi connectivity index (χ0) is 30.4. The molecule has 3 rings (SSSR count). The monoisotopic (exact) mass is 629 g/mol. The fraction of sp³-hybridized carbons (Fsp3) is 0.407. The lowest BCUT2D eigenvalue weighted by molar-refractivity contribution is -0.184. The SMILES string of the molecule is CC(C)(C)OC(=O)N1C[C@H](N(OCc2ccccc2)C(=O)OC(Cl)(Cl)Cl)CC[C@H]1C(=O)Oc1ccc(C(N)=O)cc1. The number of amides is 3. The molecule has 3 amide bonds. The molecule has 1 saturated heterocycles. The van der Waals surface area contributed by atoms with Crippen LogP contribution in [-0.4, -0.2) is 62.2 Å². The van der Waals surface area contributed by atoms with Crippen LogP contribution in [0.25, 0.3) is 0 Å². The minimum absolute atomic E-state index is 0.0362. The second-order valence-electron chi connectivity index (χ2n) is 10.1. The summed E-state index contributed by atoms with van der Waals surface area (Å²) in [6.45, 7) is 4.79. The number of esters is 1. The lowest BCUT2D eigenvalue weighted by Crippen LogP contribution is -2.58. The maximum absolute atomic E-state index is 13.3. The van der Waals surface area contributed by atoms with Gasteiger partial charge in [0, 0.05) is 12.1 Å². The highest BCUT2D eigenvalue weighted by atomic mass is 35.6. The molecular weight excluding hydrogens is 601 g/mol. The van der Waals surface area contributed by atoms with Crippen LogP contribution >= 0.6 is 34.8 Å². The van der Waals surface area contributed by atoms with Gasteiger partial charge in [-0.3, -0.25) is 14.5 Å². The molecule has 0 unspecified atom stereocenters. The Morgan fingerprint density at radius 1 is 0.951 bits per heavy atom. The molecule has 0 radical (unpaired) electrons.